The molecule has 1 aliphatic heterocycles. The number of likely N-dealkylation sites (tertiary alicyclic amines) is 1. The van der Waals surface area contributed by atoms with E-state index < -0.39 is 0 Å². The highest BCUT2D eigenvalue weighted by atomic mass is 127. The Balaban J connectivity index is 0.00000338. The van der Waals surface area contributed by atoms with Gasteiger partial charge in [-0.15, -0.1) is 24.0 Å². The lowest BCUT2D eigenvalue weighted by atomic mass is 10.2. The number of nitrogens with zero attached hydrogens (tertiary/aromatic N) is 2. The van der Waals surface area contributed by atoms with Crippen molar-refractivity contribution in [1.82, 2.24) is 15.5 Å². The van der Waals surface area contributed by atoms with Crippen molar-refractivity contribution >= 4 is 35.8 Å². The molecule has 0 spiro atoms. The number of guanidine groups is 1. The number of hydrogen-bond donors (Lipinski definition) is 2. The fourth-order valence-corrected chi connectivity index (χ4v) is 2.73. The van der Waals surface area contributed by atoms with Crippen LogP contribution in [-0.2, 0) is 4.79 Å². The molecular formula is C18H28FIN4O2. The highest BCUT2D eigenvalue weighted by Crippen LogP contribution is 2.13. The summed E-state index contributed by atoms with van der Waals surface area (Å²) in [6.07, 6.45) is 0.902. The standard InChI is InChI=1S/C18H27FN4O2.HI/c1-13(2)17(24)23-9-7-15(12-23)22-18(20-3)21-8-10-25-16-6-4-5-14(19)11-16;/h4-6,11,13,15H,7-10,12H2,1-3H3,(H2,20,21,22);1H. The lowest BCUT2D eigenvalue weighted by Crippen LogP contribution is -2.46. The molecule has 0 saturated carbocycles. The summed E-state index contributed by atoms with van der Waals surface area (Å²) in [7, 11) is 1.70. The average Bonchev–Trinajstić information content (AvgIpc) is 3.05. The van der Waals surface area contributed by atoms with Crippen molar-refractivity contribution in [2.75, 3.05) is 33.3 Å². The van der Waals surface area contributed by atoms with Gasteiger partial charge < -0.3 is 20.3 Å². The zero-order valence-corrected chi connectivity index (χ0v) is 17.8. The number of nitrogens with one attached hydrogen (secondary N) is 2. The van der Waals surface area contributed by atoms with E-state index in [2.05, 4.69) is 15.6 Å². The Labute approximate surface area is 171 Å². The third kappa shape index (κ3) is 6.97. The van der Waals surface area contributed by atoms with Gasteiger partial charge in [-0.05, 0) is 18.6 Å². The van der Waals surface area contributed by atoms with Crippen LogP contribution in [0.15, 0.2) is 29.3 Å². The molecule has 8 heteroatoms. The van der Waals surface area contributed by atoms with Gasteiger partial charge in [0.1, 0.15) is 18.2 Å². The maximum atomic E-state index is 13.1. The minimum absolute atomic E-state index is 0. The van der Waals surface area contributed by atoms with Gasteiger partial charge in [0.15, 0.2) is 5.96 Å². The van der Waals surface area contributed by atoms with Crippen LogP contribution in [0.25, 0.3) is 0 Å². The van der Waals surface area contributed by atoms with Crippen molar-refractivity contribution in [2.45, 2.75) is 26.3 Å². The van der Waals surface area contributed by atoms with Crippen LogP contribution in [0.3, 0.4) is 0 Å². The fraction of sp³-hybridized carbons (Fsp3) is 0.556. The predicted molar refractivity (Wildman–Crippen MR) is 112 cm³/mol. The molecule has 1 saturated heterocycles. The lowest BCUT2D eigenvalue weighted by Gasteiger charge is -2.20. The van der Waals surface area contributed by atoms with Crippen LogP contribution in [0.2, 0.25) is 0 Å². The summed E-state index contributed by atoms with van der Waals surface area (Å²) in [5.74, 6) is 1.08. The third-order valence-corrected chi connectivity index (χ3v) is 4.02. The molecule has 1 aromatic carbocycles. The molecule has 2 N–H and O–H groups in total. The summed E-state index contributed by atoms with van der Waals surface area (Å²) in [6.45, 7) is 6.24. The van der Waals surface area contributed by atoms with Crippen molar-refractivity contribution in [3.05, 3.63) is 30.1 Å². The summed E-state index contributed by atoms with van der Waals surface area (Å²) < 4.78 is 18.6. The summed E-state index contributed by atoms with van der Waals surface area (Å²) in [5.41, 5.74) is 0. The number of aliphatic imine (C=N–C) groups is 1. The quantitative estimate of drug-likeness (QED) is 0.285. The van der Waals surface area contributed by atoms with Gasteiger partial charge in [-0.3, -0.25) is 9.79 Å². The first-order valence-corrected chi connectivity index (χ1v) is 8.64. The summed E-state index contributed by atoms with van der Waals surface area (Å²) >= 11 is 0. The first kappa shape index (κ1) is 22.5. The van der Waals surface area contributed by atoms with Gasteiger partial charge in [0, 0.05) is 38.2 Å². The number of rotatable bonds is 6. The molecule has 1 amide bonds. The lowest BCUT2D eigenvalue weighted by molar-refractivity contribution is -0.133. The number of benzene rings is 1. The van der Waals surface area contributed by atoms with Gasteiger partial charge in [0.25, 0.3) is 0 Å². The molecule has 1 aromatic rings. The second kappa shape index (κ2) is 11.2. The molecule has 0 bridgehead atoms. The zero-order valence-electron chi connectivity index (χ0n) is 15.5. The van der Waals surface area contributed by atoms with E-state index in [0.717, 1.165) is 13.0 Å². The molecule has 0 radical (unpaired) electrons. The van der Waals surface area contributed by atoms with Crippen molar-refractivity contribution in [2.24, 2.45) is 10.9 Å². The van der Waals surface area contributed by atoms with Crippen LogP contribution in [0, 0.1) is 11.7 Å². The number of ether oxygens (including phenoxy) is 1. The molecule has 0 aliphatic carbocycles. The van der Waals surface area contributed by atoms with Crippen LogP contribution in [-0.4, -0.2) is 56.1 Å². The van der Waals surface area contributed by atoms with Gasteiger partial charge in [-0.1, -0.05) is 19.9 Å². The molecule has 2 rings (SSSR count). The van der Waals surface area contributed by atoms with Crippen LogP contribution in [0.1, 0.15) is 20.3 Å². The number of amides is 1. The monoisotopic (exact) mass is 478 g/mol. The molecule has 26 heavy (non-hydrogen) atoms. The molecule has 1 aliphatic rings. The van der Waals surface area contributed by atoms with Crippen molar-refractivity contribution in [3.8, 4) is 5.75 Å². The van der Waals surface area contributed by atoms with Crippen LogP contribution in [0.4, 0.5) is 4.39 Å². The summed E-state index contributed by atoms with van der Waals surface area (Å²) in [6, 6.07) is 6.26. The SMILES string of the molecule is CN=C(NCCOc1cccc(F)c1)NC1CCN(C(=O)C(C)C)C1.I. The first-order chi connectivity index (χ1) is 12.0. The van der Waals surface area contributed by atoms with Crippen molar-refractivity contribution < 1.29 is 13.9 Å². The molecule has 146 valence electrons. The zero-order chi connectivity index (χ0) is 18.2. The third-order valence-electron chi connectivity index (χ3n) is 4.02. The highest BCUT2D eigenvalue weighted by Gasteiger charge is 2.27. The normalized spacial score (nSPS) is 17.0. The number of carbonyl (C=O) groups excluding carboxylic acids is 1. The van der Waals surface area contributed by atoms with Crippen molar-refractivity contribution in [3.63, 3.8) is 0 Å². The van der Waals surface area contributed by atoms with E-state index in [4.69, 9.17) is 4.74 Å². The van der Waals surface area contributed by atoms with Gasteiger partial charge in [-0.2, -0.15) is 0 Å². The Morgan fingerprint density at radius 3 is 2.88 bits per heavy atom. The average molecular weight is 478 g/mol. The molecule has 1 heterocycles. The predicted octanol–water partition coefficient (Wildman–Crippen LogP) is 2.24. The summed E-state index contributed by atoms with van der Waals surface area (Å²) in [5, 5.41) is 6.49. The van der Waals surface area contributed by atoms with E-state index in [0.29, 0.717) is 31.4 Å². The van der Waals surface area contributed by atoms with Crippen LogP contribution >= 0.6 is 24.0 Å². The maximum Gasteiger partial charge on any atom is 0.225 e. The van der Waals surface area contributed by atoms with E-state index >= 15 is 0 Å². The second-order valence-corrected chi connectivity index (χ2v) is 6.37. The molecule has 6 nitrogen and oxygen atoms in total. The number of carbonyl (C=O) groups is 1. The maximum absolute atomic E-state index is 13.1. The molecular weight excluding hydrogens is 450 g/mol. The Kier molecular flexibility index (Phi) is 9.68. The summed E-state index contributed by atoms with van der Waals surface area (Å²) in [4.78, 5) is 18.1. The molecule has 1 unspecified atom stereocenters. The van der Waals surface area contributed by atoms with Crippen molar-refractivity contribution in [1.29, 1.82) is 0 Å². The van der Waals surface area contributed by atoms with Gasteiger partial charge in [0.05, 0.1) is 6.54 Å². The Morgan fingerprint density at radius 1 is 1.46 bits per heavy atom. The Bertz CT molecular complexity index is 613. The van der Waals surface area contributed by atoms with E-state index in [1.807, 2.05) is 18.7 Å². The van der Waals surface area contributed by atoms with Gasteiger partial charge in [-0.25, -0.2) is 4.39 Å². The molecule has 0 aromatic heterocycles. The van der Waals surface area contributed by atoms with E-state index in [1.165, 1.54) is 12.1 Å². The second-order valence-electron chi connectivity index (χ2n) is 6.37. The molecule has 1 fully saturated rings. The van der Waals surface area contributed by atoms with E-state index in [-0.39, 0.29) is 47.7 Å². The fourth-order valence-electron chi connectivity index (χ4n) is 2.73. The van der Waals surface area contributed by atoms with Gasteiger partial charge in [0.2, 0.25) is 5.91 Å². The first-order valence-electron chi connectivity index (χ1n) is 8.64. The number of halogens is 2. The smallest absolute Gasteiger partial charge is 0.225 e. The minimum atomic E-state index is -0.315. The van der Waals surface area contributed by atoms with E-state index in [1.54, 1.807) is 19.2 Å². The Hall–Kier alpha value is -1.58. The molecule has 1 atom stereocenters. The minimum Gasteiger partial charge on any atom is -0.492 e. The number of hydrogen-bond acceptors (Lipinski definition) is 3. The van der Waals surface area contributed by atoms with Crippen LogP contribution < -0.4 is 15.4 Å². The highest BCUT2D eigenvalue weighted by molar-refractivity contribution is 14.0. The van der Waals surface area contributed by atoms with Gasteiger partial charge >= 0.3 is 0 Å². The topological polar surface area (TPSA) is 66.0 Å². The van der Waals surface area contributed by atoms with E-state index in [9.17, 15) is 9.18 Å². The van der Waals surface area contributed by atoms with Crippen LogP contribution in [0.5, 0.6) is 5.75 Å². The Morgan fingerprint density at radius 2 is 2.23 bits per heavy atom. The largest absolute Gasteiger partial charge is 0.492 e.